The van der Waals surface area contributed by atoms with Gasteiger partial charge in [-0.1, -0.05) is 18.6 Å². The maximum absolute atomic E-state index is 13.2. The summed E-state index contributed by atoms with van der Waals surface area (Å²) in [6.07, 6.45) is 4.70. The van der Waals surface area contributed by atoms with Crippen molar-refractivity contribution in [1.29, 1.82) is 5.26 Å². The van der Waals surface area contributed by atoms with Gasteiger partial charge in [0.15, 0.2) is 11.5 Å². The molecule has 2 aliphatic heterocycles. The van der Waals surface area contributed by atoms with E-state index in [2.05, 4.69) is 23.2 Å². The highest BCUT2D eigenvalue weighted by atomic mass is 16.7. The number of nitrogens with one attached hydrogen (secondary N) is 1. The van der Waals surface area contributed by atoms with Crippen LogP contribution in [-0.4, -0.2) is 48.3 Å². The topological polar surface area (TPSA) is 77.8 Å². The van der Waals surface area contributed by atoms with Crippen molar-refractivity contribution in [2.45, 2.75) is 45.2 Å². The minimum atomic E-state index is -0.176. The lowest BCUT2D eigenvalue weighted by Crippen LogP contribution is -2.40. The second kappa shape index (κ2) is 10.4. The van der Waals surface area contributed by atoms with E-state index in [1.165, 1.54) is 19.3 Å². The number of nitrogens with zero attached hydrogens (tertiary/aromatic N) is 3. The molecule has 1 saturated heterocycles. The first-order chi connectivity index (χ1) is 15.6. The van der Waals surface area contributed by atoms with Crippen LogP contribution in [0.25, 0.3) is 0 Å². The highest BCUT2D eigenvalue weighted by Gasteiger charge is 2.20. The minimum Gasteiger partial charge on any atom is -0.454 e. The third kappa shape index (κ3) is 5.51. The average molecular weight is 435 g/mol. The summed E-state index contributed by atoms with van der Waals surface area (Å²) in [5.74, 6) is 1.45. The summed E-state index contributed by atoms with van der Waals surface area (Å²) in [6.45, 7) is 5.74. The molecule has 1 N–H and O–H groups in total. The number of rotatable bonds is 7. The smallest absolute Gasteiger partial charge is 0.322 e. The summed E-state index contributed by atoms with van der Waals surface area (Å²) in [5, 5.41) is 12.1. The van der Waals surface area contributed by atoms with Crippen molar-refractivity contribution in [2.24, 2.45) is 0 Å². The molecular weight excluding hydrogens is 404 g/mol. The van der Waals surface area contributed by atoms with E-state index in [0.29, 0.717) is 36.1 Å². The molecule has 2 aromatic rings. The van der Waals surface area contributed by atoms with E-state index in [-0.39, 0.29) is 12.8 Å². The summed E-state index contributed by atoms with van der Waals surface area (Å²) in [6, 6.07) is 15.3. The van der Waals surface area contributed by atoms with Gasteiger partial charge in [-0.2, -0.15) is 5.26 Å². The van der Waals surface area contributed by atoms with Gasteiger partial charge in [-0.05, 0) is 68.6 Å². The van der Waals surface area contributed by atoms with E-state index in [4.69, 9.17) is 14.7 Å². The Balaban J connectivity index is 1.43. The third-order valence-electron chi connectivity index (χ3n) is 6.15. The molecule has 0 aromatic heterocycles. The molecule has 2 heterocycles. The standard InChI is InChI=1S/C25H30N4O3/c1-19-6-2-3-11-28(19)12-5-13-29(17-21-9-10-23-24(15-21)32-18-31-23)25(30)27-22-8-4-7-20(14-22)16-26/h4,7-10,14-15,19H,2-3,5-6,11-13,17-18H2,1H3,(H,27,30). The van der Waals surface area contributed by atoms with Crippen molar-refractivity contribution in [3.05, 3.63) is 53.6 Å². The van der Waals surface area contributed by atoms with Gasteiger partial charge in [0.25, 0.3) is 0 Å². The summed E-state index contributed by atoms with van der Waals surface area (Å²) < 4.78 is 10.9. The van der Waals surface area contributed by atoms with Gasteiger partial charge in [-0.3, -0.25) is 0 Å². The van der Waals surface area contributed by atoms with Gasteiger partial charge in [0.2, 0.25) is 6.79 Å². The number of carbonyl (C=O) groups excluding carboxylic acids is 1. The molecule has 32 heavy (non-hydrogen) atoms. The van der Waals surface area contributed by atoms with Gasteiger partial charge in [0.05, 0.1) is 11.6 Å². The second-order valence-corrected chi connectivity index (χ2v) is 8.47. The monoisotopic (exact) mass is 434 g/mol. The van der Waals surface area contributed by atoms with Crippen molar-refractivity contribution in [3.63, 3.8) is 0 Å². The van der Waals surface area contributed by atoms with Crippen molar-refractivity contribution in [3.8, 4) is 17.6 Å². The average Bonchev–Trinajstić information content (AvgIpc) is 3.27. The first-order valence-corrected chi connectivity index (χ1v) is 11.3. The summed E-state index contributed by atoms with van der Waals surface area (Å²) in [4.78, 5) is 17.5. The number of ether oxygens (including phenoxy) is 2. The van der Waals surface area contributed by atoms with Crippen LogP contribution in [0.3, 0.4) is 0 Å². The second-order valence-electron chi connectivity index (χ2n) is 8.47. The molecule has 0 radical (unpaired) electrons. The fourth-order valence-electron chi connectivity index (χ4n) is 4.34. The lowest BCUT2D eigenvalue weighted by atomic mass is 10.0. The Morgan fingerprint density at radius 2 is 2.09 bits per heavy atom. The summed E-state index contributed by atoms with van der Waals surface area (Å²) in [7, 11) is 0. The van der Waals surface area contributed by atoms with Crippen LogP contribution < -0.4 is 14.8 Å². The number of carbonyl (C=O) groups is 1. The number of amides is 2. The number of benzene rings is 2. The Kier molecular flexibility index (Phi) is 7.13. The Bertz CT molecular complexity index is 987. The van der Waals surface area contributed by atoms with Crippen LogP contribution in [0.2, 0.25) is 0 Å². The molecule has 2 aromatic carbocycles. The van der Waals surface area contributed by atoms with Crippen LogP contribution >= 0.6 is 0 Å². The fourth-order valence-corrected chi connectivity index (χ4v) is 4.34. The molecule has 0 aliphatic carbocycles. The number of likely N-dealkylation sites (tertiary alicyclic amines) is 1. The molecule has 2 amide bonds. The first-order valence-electron chi connectivity index (χ1n) is 11.3. The van der Waals surface area contributed by atoms with E-state index in [9.17, 15) is 4.79 Å². The zero-order valence-corrected chi connectivity index (χ0v) is 18.5. The number of hydrogen-bond donors (Lipinski definition) is 1. The third-order valence-corrected chi connectivity index (χ3v) is 6.15. The normalized spacial score (nSPS) is 17.6. The first kappa shape index (κ1) is 22.0. The van der Waals surface area contributed by atoms with Gasteiger partial charge < -0.3 is 24.6 Å². The van der Waals surface area contributed by atoms with Crippen LogP contribution in [0.5, 0.6) is 11.5 Å². The molecule has 1 fully saturated rings. The van der Waals surface area contributed by atoms with E-state index >= 15 is 0 Å². The molecule has 0 spiro atoms. The Morgan fingerprint density at radius 3 is 2.94 bits per heavy atom. The van der Waals surface area contributed by atoms with Gasteiger partial charge in [-0.25, -0.2) is 4.79 Å². The fraction of sp³-hybridized carbons (Fsp3) is 0.440. The zero-order chi connectivity index (χ0) is 22.3. The molecule has 2 aliphatic rings. The lowest BCUT2D eigenvalue weighted by molar-refractivity contribution is 0.150. The molecule has 7 heteroatoms. The highest BCUT2D eigenvalue weighted by Crippen LogP contribution is 2.33. The predicted octanol–water partition coefficient (Wildman–Crippen LogP) is 4.59. The number of hydrogen-bond acceptors (Lipinski definition) is 5. The van der Waals surface area contributed by atoms with E-state index in [1.54, 1.807) is 24.3 Å². The van der Waals surface area contributed by atoms with E-state index in [0.717, 1.165) is 30.8 Å². The van der Waals surface area contributed by atoms with Crippen LogP contribution in [-0.2, 0) is 6.54 Å². The molecule has 0 bridgehead atoms. The van der Waals surface area contributed by atoms with Gasteiger partial charge in [0, 0.05) is 31.4 Å². The molecule has 7 nitrogen and oxygen atoms in total. The molecular formula is C25H30N4O3. The van der Waals surface area contributed by atoms with Crippen molar-refractivity contribution in [1.82, 2.24) is 9.80 Å². The van der Waals surface area contributed by atoms with E-state index in [1.807, 2.05) is 23.1 Å². The number of nitriles is 1. The van der Waals surface area contributed by atoms with Gasteiger partial charge >= 0.3 is 6.03 Å². The summed E-state index contributed by atoms with van der Waals surface area (Å²) in [5.41, 5.74) is 2.13. The highest BCUT2D eigenvalue weighted by molar-refractivity contribution is 5.89. The number of anilines is 1. The van der Waals surface area contributed by atoms with Gasteiger partial charge in [-0.15, -0.1) is 0 Å². The molecule has 168 valence electrons. The van der Waals surface area contributed by atoms with Crippen LogP contribution in [0.15, 0.2) is 42.5 Å². The quantitative estimate of drug-likeness (QED) is 0.690. The molecule has 1 unspecified atom stereocenters. The number of urea groups is 1. The summed E-state index contributed by atoms with van der Waals surface area (Å²) >= 11 is 0. The van der Waals surface area contributed by atoms with Crippen LogP contribution in [0, 0.1) is 11.3 Å². The Labute approximate surface area is 189 Å². The maximum Gasteiger partial charge on any atom is 0.322 e. The molecule has 4 rings (SSSR count). The van der Waals surface area contributed by atoms with Crippen molar-refractivity contribution >= 4 is 11.7 Å². The molecule has 0 saturated carbocycles. The largest absolute Gasteiger partial charge is 0.454 e. The zero-order valence-electron chi connectivity index (χ0n) is 18.5. The van der Waals surface area contributed by atoms with Crippen LogP contribution in [0.4, 0.5) is 10.5 Å². The number of piperidine rings is 1. The SMILES string of the molecule is CC1CCCCN1CCCN(Cc1ccc2c(c1)OCO2)C(=O)Nc1cccc(C#N)c1. The lowest BCUT2D eigenvalue weighted by Gasteiger charge is -2.34. The van der Waals surface area contributed by atoms with Crippen LogP contribution in [0.1, 0.15) is 43.7 Å². The molecule has 1 atom stereocenters. The Hall–Kier alpha value is -3.24. The predicted molar refractivity (Wildman–Crippen MR) is 123 cm³/mol. The minimum absolute atomic E-state index is 0.176. The maximum atomic E-state index is 13.2. The van der Waals surface area contributed by atoms with Gasteiger partial charge in [0.1, 0.15) is 0 Å². The number of fused-ring (bicyclic) bond motifs is 1. The Morgan fingerprint density at radius 1 is 1.22 bits per heavy atom. The van der Waals surface area contributed by atoms with Crippen molar-refractivity contribution in [2.75, 3.05) is 31.7 Å². The van der Waals surface area contributed by atoms with Crippen molar-refractivity contribution < 1.29 is 14.3 Å². The van der Waals surface area contributed by atoms with E-state index < -0.39 is 0 Å².